The molecule has 2 aliphatic rings. The molecule has 0 bridgehead atoms. The molecule has 3 rings (SSSR count). The lowest BCUT2D eigenvalue weighted by molar-refractivity contribution is -0.134. The minimum atomic E-state index is -0.719. The van der Waals surface area contributed by atoms with Crippen LogP contribution >= 0.6 is 0 Å². The maximum atomic E-state index is 13.2. The quantitative estimate of drug-likeness (QED) is 0.736. The molecule has 0 aromatic heterocycles. The fraction of sp³-hybridized carbons (Fsp3) is 0.591. The van der Waals surface area contributed by atoms with Crippen molar-refractivity contribution in [1.29, 1.82) is 0 Å². The number of aryl methyl sites for hydroxylation is 1. The highest BCUT2D eigenvalue weighted by molar-refractivity contribution is 5.98. The summed E-state index contributed by atoms with van der Waals surface area (Å²) in [5.41, 5.74) is 0.804. The van der Waals surface area contributed by atoms with E-state index in [1.807, 2.05) is 30.9 Å². The number of carbonyl (C=O) groups is 3. The molecular formula is C22H32N4O4. The van der Waals surface area contributed by atoms with E-state index in [0.29, 0.717) is 37.2 Å². The number of nitrogens with one attached hydrogen (secondary N) is 2. The van der Waals surface area contributed by atoms with Crippen molar-refractivity contribution in [2.75, 3.05) is 40.8 Å². The van der Waals surface area contributed by atoms with Gasteiger partial charge in [-0.05, 0) is 44.4 Å². The van der Waals surface area contributed by atoms with Gasteiger partial charge in [-0.25, -0.2) is 0 Å². The number of methoxy groups -OCH3 is 1. The Balaban J connectivity index is 1.89. The Morgan fingerprint density at radius 3 is 2.73 bits per heavy atom. The van der Waals surface area contributed by atoms with Crippen molar-refractivity contribution >= 4 is 17.7 Å². The highest BCUT2D eigenvalue weighted by Gasteiger charge is 2.52. The van der Waals surface area contributed by atoms with E-state index in [1.165, 1.54) is 0 Å². The Kier molecular flexibility index (Phi) is 6.36. The van der Waals surface area contributed by atoms with Gasteiger partial charge in [-0.2, -0.15) is 0 Å². The van der Waals surface area contributed by atoms with Gasteiger partial charge in [0.15, 0.2) is 0 Å². The van der Waals surface area contributed by atoms with Crippen molar-refractivity contribution in [3.63, 3.8) is 0 Å². The normalized spacial score (nSPS) is 23.7. The number of ether oxygens (including phenoxy) is 1. The van der Waals surface area contributed by atoms with E-state index >= 15 is 0 Å². The Hall–Kier alpha value is -2.61. The van der Waals surface area contributed by atoms with E-state index in [2.05, 4.69) is 10.6 Å². The van der Waals surface area contributed by atoms with E-state index < -0.39 is 11.5 Å². The highest BCUT2D eigenvalue weighted by atomic mass is 16.5. The molecule has 1 fully saturated rings. The first-order valence-corrected chi connectivity index (χ1v) is 10.4. The van der Waals surface area contributed by atoms with Crippen LogP contribution in [0.15, 0.2) is 18.2 Å². The molecule has 8 nitrogen and oxygen atoms in total. The fourth-order valence-electron chi connectivity index (χ4n) is 4.53. The average Bonchev–Trinajstić information content (AvgIpc) is 2.94. The maximum Gasteiger partial charge on any atom is 0.252 e. The zero-order valence-corrected chi connectivity index (χ0v) is 18.4. The Labute approximate surface area is 177 Å². The van der Waals surface area contributed by atoms with E-state index in [-0.39, 0.29) is 30.3 Å². The lowest BCUT2D eigenvalue weighted by Gasteiger charge is -2.35. The fourth-order valence-corrected chi connectivity index (χ4v) is 4.53. The second-order valence-electron chi connectivity index (χ2n) is 8.81. The zero-order chi connectivity index (χ0) is 22.1. The van der Waals surface area contributed by atoms with Gasteiger partial charge >= 0.3 is 0 Å². The molecule has 1 saturated heterocycles. The van der Waals surface area contributed by atoms with Crippen LogP contribution < -0.4 is 15.4 Å². The molecule has 1 aromatic rings. The van der Waals surface area contributed by atoms with Crippen molar-refractivity contribution in [1.82, 2.24) is 20.4 Å². The van der Waals surface area contributed by atoms with Gasteiger partial charge in [0.05, 0.1) is 25.1 Å². The van der Waals surface area contributed by atoms with Gasteiger partial charge in [0.2, 0.25) is 11.8 Å². The molecule has 0 saturated carbocycles. The minimum absolute atomic E-state index is 0.0365. The molecule has 2 atom stereocenters. The number of likely N-dealkylation sites (tertiary alicyclic amines) is 1. The molecule has 2 aliphatic heterocycles. The number of carbonyl (C=O) groups excluding carboxylic acids is 3. The van der Waals surface area contributed by atoms with Crippen LogP contribution in [0.25, 0.3) is 0 Å². The summed E-state index contributed by atoms with van der Waals surface area (Å²) in [5.74, 6) is -0.109. The second-order valence-corrected chi connectivity index (χ2v) is 8.81. The maximum absolute atomic E-state index is 13.2. The standard InChI is InChI=1S/C22H32N4O4/c1-14(2)23-19(27)12-26-11-18(21(29)25(3)4)22(13-26)9-8-15-6-7-16(30-5)10-17(15)20(28)24-22/h6-7,10,14,18H,8-9,11-13H2,1-5H3,(H,23,27)(H,24,28)/t18-,22+/m1/s1. The molecule has 3 amide bonds. The number of fused-ring (bicyclic) bond motifs is 1. The second kappa shape index (κ2) is 8.63. The van der Waals surface area contributed by atoms with Crippen molar-refractivity contribution < 1.29 is 19.1 Å². The summed E-state index contributed by atoms with van der Waals surface area (Å²) in [6, 6.07) is 5.56. The number of amides is 3. The van der Waals surface area contributed by atoms with E-state index in [9.17, 15) is 14.4 Å². The third-order valence-corrected chi connectivity index (χ3v) is 5.93. The monoisotopic (exact) mass is 416 g/mol. The summed E-state index contributed by atoms with van der Waals surface area (Å²) in [6.45, 7) is 4.92. The molecule has 1 aromatic carbocycles. The van der Waals surface area contributed by atoms with Crippen molar-refractivity contribution in [3.05, 3.63) is 29.3 Å². The van der Waals surface area contributed by atoms with Gasteiger partial charge in [-0.1, -0.05) is 6.07 Å². The summed E-state index contributed by atoms with van der Waals surface area (Å²) in [4.78, 5) is 42.1. The van der Waals surface area contributed by atoms with E-state index in [4.69, 9.17) is 4.74 Å². The Bertz CT molecular complexity index is 838. The number of benzene rings is 1. The average molecular weight is 417 g/mol. The lowest BCUT2D eigenvalue weighted by atomic mass is 9.81. The first-order chi connectivity index (χ1) is 14.1. The zero-order valence-electron chi connectivity index (χ0n) is 18.4. The highest BCUT2D eigenvalue weighted by Crippen LogP contribution is 2.36. The predicted octanol–water partition coefficient (Wildman–Crippen LogP) is 0.655. The van der Waals surface area contributed by atoms with E-state index in [1.54, 1.807) is 32.2 Å². The minimum Gasteiger partial charge on any atom is -0.497 e. The van der Waals surface area contributed by atoms with Crippen LogP contribution in [0.1, 0.15) is 36.2 Å². The summed E-state index contributed by atoms with van der Waals surface area (Å²) < 4.78 is 5.28. The molecule has 2 heterocycles. The van der Waals surface area contributed by atoms with Crippen LogP contribution in [0, 0.1) is 5.92 Å². The largest absolute Gasteiger partial charge is 0.497 e. The summed E-state index contributed by atoms with van der Waals surface area (Å²) in [6.07, 6.45) is 1.30. The Morgan fingerprint density at radius 1 is 1.37 bits per heavy atom. The van der Waals surface area contributed by atoms with Crippen LogP contribution in [0.4, 0.5) is 0 Å². The molecule has 0 unspecified atom stereocenters. The first kappa shape index (κ1) is 22.1. The first-order valence-electron chi connectivity index (χ1n) is 10.4. The smallest absolute Gasteiger partial charge is 0.252 e. The van der Waals surface area contributed by atoms with Gasteiger partial charge in [0, 0.05) is 38.8 Å². The number of hydrogen-bond acceptors (Lipinski definition) is 5. The van der Waals surface area contributed by atoms with Crippen LogP contribution in [-0.4, -0.2) is 79.9 Å². The number of hydrogen-bond donors (Lipinski definition) is 2. The molecule has 30 heavy (non-hydrogen) atoms. The topological polar surface area (TPSA) is 91.0 Å². The molecular weight excluding hydrogens is 384 g/mol. The molecule has 1 spiro atoms. The summed E-state index contributed by atoms with van der Waals surface area (Å²) >= 11 is 0. The van der Waals surface area contributed by atoms with Crippen LogP contribution in [0.5, 0.6) is 5.75 Å². The van der Waals surface area contributed by atoms with Gasteiger partial charge < -0.3 is 20.3 Å². The van der Waals surface area contributed by atoms with Gasteiger partial charge in [0.25, 0.3) is 5.91 Å². The molecule has 0 aliphatic carbocycles. The van der Waals surface area contributed by atoms with Gasteiger partial charge in [0.1, 0.15) is 5.75 Å². The summed E-state index contributed by atoms with van der Waals surface area (Å²) in [7, 11) is 5.02. The van der Waals surface area contributed by atoms with Crippen molar-refractivity contribution in [2.45, 2.75) is 38.3 Å². The molecule has 8 heteroatoms. The molecule has 2 N–H and O–H groups in total. The van der Waals surface area contributed by atoms with E-state index in [0.717, 1.165) is 5.56 Å². The molecule has 0 radical (unpaired) electrons. The van der Waals surface area contributed by atoms with Crippen LogP contribution in [0.3, 0.4) is 0 Å². The van der Waals surface area contributed by atoms with Crippen molar-refractivity contribution in [3.8, 4) is 5.75 Å². The van der Waals surface area contributed by atoms with Crippen LogP contribution in [0.2, 0.25) is 0 Å². The van der Waals surface area contributed by atoms with Gasteiger partial charge in [-0.15, -0.1) is 0 Å². The predicted molar refractivity (Wildman–Crippen MR) is 113 cm³/mol. The molecule has 164 valence electrons. The number of nitrogens with zero attached hydrogens (tertiary/aromatic N) is 2. The van der Waals surface area contributed by atoms with Gasteiger partial charge in [-0.3, -0.25) is 19.3 Å². The third kappa shape index (κ3) is 4.43. The Morgan fingerprint density at radius 2 is 2.10 bits per heavy atom. The third-order valence-electron chi connectivity index (χ3n) is 5.93. The SMILES string of the molecule is COc1ccc2c(c1)C(=O)N[C@@]1(CC2)CN(CC(=O)NC(C)C)C[C@@H]1C(=O)N(C)C. The van der Waals surface area contributed by atoms with Crippen molar-refractivity contribution in [2.24, 2.45) is 5.92 Å². The summed E-state index contributed by atoms with van der Waals surface area (Å²) in [5, 5.41) is 6.07. The number of rotatable bonds is 5. The lowest BCUT2D eigenvalue weighted by Crippen LogP contribution is -2.57. The van der Waals surface area contributed by atoms with Crippen LogP contribution in [-0.2, 0) is 16.0 Å².